The zero-order valence-electron chi connectivity index (χ0n) is 61.1. The van der Waals surface area contributed by atoms with Gasteiger partial charge in [-0.1, -0.05) is 24.3 Å². The Balaban J connectivity index is 0.872. The number of ketones is 1. The highest BCUT2D eigenvalue weighted by Crippen LogP contribution is 2.63. The van der Waals surface area contributed by atoms with E-state index in [1.807, 2.05) is 47.9 Å². The minimum absolute atomic E-state index is 0.156. The number of amides is 2. The average Bonchev–Trinajstić information content (AvgIpc) is 1.45. The fourth-order valence-corrected chi connectivity index (χ4v) is 18.8. The van der Waals surface area contributed by atoms with Crippen molar-refractivity contribution in [3.63, 3.8) is 0 Å². The number of carbonyl (C=O) groups excluding carboxylic acids is 3. The predicted octanol–water partition coefficient (Wildman–Crippen LogP) is 12.6. The molecule has 4 aromatic carbocycles. The molecule has 0 radical (unpaired) electrons. The number of Topliss-reactive ketones (excluding diaryl/α,β-unsaturated/α-hetero) is 1. The van der Waals surface area contributed by atoms with E-state index in [4.69, 9.17) is 38.4 Å². The van der Waals surface area contributed by atoms with Crippen LogP contribution in [0.5, 0.6) is 28.7 Å². The van der Waals surface area contributed by atoms with Crippen molar-refractivity contribution in [2.24, 2.45) is 0 Å². The van der Waals surface area contributed by atoms with Crippen LogP contribution >= 0.6 is 0 Å². The van der Waals surface area contributed by atoms with Crippen LogP contribution in [0.4, 0.5) is 0 Å². The lowest BCUT2D eigenvalue weighted by atomic mass is 9.95. The van der Waals surface area contributed by atoms with Crippen molar-refractivity contribution in [2.75, 3.05) is 153 Å². The zero-order valence-corrected chi connectivity index (χ0v) is 61.1. The third kappa shape index (κ3) is 11.4. The topological polar surface area (TPSA) is 170 Å². The highest BCUT2D eigenvalue weighted by atomic mass is 16.5. The number of carbonyl (C=O) groups is 3. The Hall–Kier alpha value is -9.11. The SMILES string of the molecule is CCN(CC)C(=O)C[N+]12CC[N+]3(CCOCCOc4ccc(-c5c6nc(c(-c7cc(C)c(OC)c(OC)c7)c7ccc([nH]7)c(-c7cc(C)c(C)c(C)c7)c7nc(c(-c8cc(C)c(OC)c(OC)c8)c8ccc5[nH]8)C=C7)C=C6)cc4)CC[N+]4(CC(=O)N(CC)CC)CC[N+](CC(C)=O)(CC1)C324. The molecule has 4 saturated heterocycles. The molecule has 1 spiro atoms. The number of benzene rings is 4. The quantitative estimate of drug-likeness (QED) is 0.0412. The first-order valence-electron chi connectivity index (χ1n) is 35.7. The first-order chi connectivity index (χ1) is 48.2. The van der Waals surface area contributed by atoms with E-state index < -0.39 is 5.91 Å². The number of hydrogen-bond acceptors (Lipinski definition) is 11. The third-order valence-corrected chi connectivity index (χ3v) is 23.2. The first-order valence-corrected chi connectivity index (χ1v) is 35.7. The average molecular weight is 1360 g/mol. The van der Waals surface area contributed by atoms with Gasteiger partial charge in [0.1, 0.15) is 71.3 Å². The lowest BCUT2D eigenvalue weighted by Crippen LogP contribution is -2.86. The maximum Gasteiger partial charge on any atom is 0.482 e. The molecule has 7 aromatic rings. The summed E-state index contributed by atoms with van der Waals surface area (Å²) in [5.41, 5.74) is 19.3. The van der Waals surface area contributed by atoms with Crippen LogP contribution < -0.4 is 23.7 Å². The monoisotopic (exact) mass is 1360 g/mol. The number of rotatable bonds is 25. The largest absolute Gasteiger partial charge is 0.493 e. The summed E-state index contributed by atoms with van der Waals surface area (Å²) in [5, 5.41) is 0. The van der Waals surface area contributed by atoms with Gasteiger partial charge in [0.25, 0.3) is 11.8 Å². The minimum atomic E-state index is -0.584. The van der Waals surface area contributed by atoms with E-state index in [9.17, 15) is 14.4 Å². The maximum absolute atomic E-state index is 14.6. The number of hydrogen-bond donors (Lipinski definition) is 2. The Labute approximate surface area is 588 Å². The second-order valence-electron chi connectivity index (χ2n) is 28.3. The number of fused-ring (bicyclic) bond motifs is 8. The standard InChI is InChI=1S/C81H100N10O9/c1-15-86(16-2)73(93)50-90-33-31-88(32-34-91(51-74(94)87(17-3)18-4)38-36-89(35-37-90,49-56(9)92)81(88,90)91)39-40-99-41-42-100-62-21-19-58(20-22-62)75-63-23-25-67(82-63)77(60-45-54(7)79(97-13)71(47-60)95-11)69-29-27-65(84-69)76(59-43-52(5)57(10)53(6)44-59)66-28-30-70(85-66)78(68-26-24-64(75)83-68)61-46-55(8)80(98-14)72(48-61)96-12/h19-30,43-48,82,85H,15-18,31-42,49-51H2,1-14H3/q+4. The van der Waals surface area contributed by atoms with Gasteiger partial charge in [0.05, 0.1) is 64.4 Å². The number of likely N-dealkylation sites (N-methyl/N-ethyl adjacent to an activating group) is 2. The van der Waals surface area contributed by atoms with E-state index in [1.165, 1.54) is 16.7 Å². The number of ether oxygens (including phenoxy) is 6. The van der Waals surface area contributed by atoms with Crippen molar-refractivity contribution in [3.8, 4) is 73.3 Å². The van der Waals surface area contributed by atoms with Gasteiger partial charge in [-0.05, 0) is 197 Å². The Bertz CT molecular complexity index is 4480. The van der Waals surface area contributed by atoms with E-state index in [0.29, 0.717) is 114 Å². The van der Waals surface area contributed by atoms with E-state index in [0.717, 1.165) is 157 Å². The molecular weight excluding hydrogens is 1260 g/mol. The van der Waals surface area contributed by atoms with Crippen molar-refractivity contribution in [2.45, 2.75) is 75.1 Å². The van der Waals surface area contributed by atoms with Gasteiger partial charge < -0.3 is 48.2 Å². The van der Waals surface area contributed by atoms with Gasteiger partial charge in [-0.25, -0.2) is 9.97 Å². The predicted molar refractivity (Wildman–Crippen MR) is 396 cm³/mol. The summed E-state index contributed by atoms with van der Waals surface area (Å²) in [5.74, 6) is 3.13. The highest BCUT2D eigenvalue weighted by Gasteiger charge is 2.99. The Morgan fingerprint density at radius 1 is 0.450 bits per heavy atom. The Morgan fingerprint density at radius 2 is 0.820 bits per heavy atom. The molecule has 8 bridgehead atoms. The summed E-state index contributed by atoms with van der Waals surface area (Å²) >= 11 is 0. The summed E-state index contributed by atoms with van der Waals surface area (Å²) in [6.07, 6.45) is 8.41. The number of nitrogens with zero attached hydrogens (tertiary/aromatic N) is 8. The van der Waals surface area contributed by atoms with Crippen molar-refractivity contribution >= 4 is 64.0 Å². The number of aromatic nitrogens is 4. The Morgan fingerprint density at radius 3 is 1.20 bits per heavy atom. The van der Waals surface area contributed by atoms with Crippen LogP contribution in [-0.2, 0) is 19.1 Å². The molecule has 0 saturated carbocycles. The highest BCUT2D eigenvalue weighted by molar-refractivity contribution is 6.00. The number of methoxy groups -OCH3 is 4. The molecule has 6 aliphatic heterocycles. The molecule has 2 unspecified atom stereocenters. The van der Waals surface area contributed by atoms with Crippen LogP contribution in [0.3, 0.4) is 0 Å². The van der Waals surface area contributed by atoms with Gasteiger partial charge >= 0.3 is 5.91 Å². The van der Waals surface area contributed by atoms with Gasteiger partial charge in [0.2, 0.25) is 0 Å². The van der Waals surface area contributed by atoms with E-state index in [1.54, 1.807) is 35.4 Å². The molecule has 9 heterocycles. The Kier molecular flexibility index (Phi) is 19.0. The molecule has 19 heteroatoms. The summed E-state index contributed by atoms with van der Waals surface area (Å²) in [6.45, 7) is 32.7. The molecule has 0 aliphatic carbocycles. The second kappa shape index (κ2) is 27.4. The van der Waals surface area contributed by atoms with E-state index in [-0.39, 0.29) is 17.6 Å². The van der Waals surface area contributed by atoms with Crippen molar-refractivity contribution in [1.82, 2.24) is 29.7 Å². The van der Waals surface area contributed by atoms with E-state index >= 15 is 0 Å². The third-order valence-electron chi connectivity index (χ3n) is 23.2. The molecule has 13 rings (SSSR count). The number of quaternary nitrogens is 4. The summed E-state index contributed by atoms with van der Waals surface area (Å²) < 4.78 is 39.6. The van der Waals surface area contributed by atoms with Gasteiger partial charge in [-0.15, -0.1) is 8.97 Å². The minimum Gasteiger partial charge on any atom is -0.493 e. The van der Waals surface area contributed by atoms with Crippen LogP contribution in [-0.4, -0.2) is 224 Å². The van der Waals surface area contributed by atoms with Crippen LogP contribution in [0, 0.1) is 34.6 Å². The van der Waals surface area contributed by atoms with Crippen LogP contribution in [0.25, 0.3) is 90.9 Å². The summed E-state index contributed by atoms with van der Waals surface area (Å²) in [4.78, 5) is 65.7. The second-order valence-corrected chi connectivity index (χ2v) is 28.3. The molecule has 524 valence electrons. The normalized spacial score (nSPS) is 21.5. The van der Waals surface area contributed by atoms with Gasteiger partial charge in [-0.3, -0.25) is 14.4 Å². The van der Waals surface area contributed by atoms with Crippen LogP contribution in [0.2, 0.25) is 0 Å². The molecule has 100 heavy (non-hydrogen) atoms. The van der Waals surface area contributed by atoms with E-state index in [2.05, 4.69) is 143 Å². The number of aromatic amines is 2. The molecule has 2 amide bonds. The number of aryl methyl sites for hydroxylation is 4. The fourth-order valence-electron chi connectivity index (χ4n) is 18.8. The molecule has 19 nitrogen and oxygen atoms in total. The van der Waals surface area contributed by atoms with Gasteiger partial charge in [-0.2, -0.15) is 8.97 Å². The van der Waals surface area contributed by atoms with Gasteiger partial charge in [0.15, 0.2) is 48.4 Å². The lowest BCUT2D eigenvalue weighted by Gasteiger charge is -2.51. The number of nitrogens with one attached hydrogen (secondary N) is 2. The molecule has 4 fully saturated rings. The first kappa shape index (κ1) is 69.4. The molecular formula is C81H100N10O9+4. The van der Waals surface area contributed by atoms with Crippen LogP contribution in [0.15, 0.2) is 84.9 Å². The molecule has 2 atom stereocenters. The van der Waals surface area contributed by atoms with Gasteiger partial charge in [0, 0.05) is 77.4 Å². The maximum atomic E-state index is 14.6. The summed E-state index contributed by atoms with van der Waals surface area (Å²) in [6, 6.07) is 29.6. The molecule has 6 aliphatic rings. The smallest absolute Gasteiger partial charge is 0.482 e. The lowest BCUT2D eigenvalue weighted by molar-refractivity contribution is -1.36. The van der Waals surface area contributed by atoms with Crippen LogP contribution in [0.1, 0.15) is 85.2 Å². The fraction of sp³-hybridized carbons (Fsp3) is 0.420. The van der Waals surface area contributed by atoms with Crippen molar-refractivity contribution < 1.29 is 60.7 Å². The summed E-state index contributed by atoms with van der Waals surface area (Å²) in [7, 11) is 6.66. The van der Waals surface area contributed by atoms with Crippen molar-refractivity contribution in [3.05, 3.63) is 136 Å². The van der Waals surface area contributed by atoms with Crippen molar-refractivity contribution in [1.29, 1.82) is 0 Å². The molecule has 3 aromatic heterocycles. The molecule has 2 N–H and O–H groups in total. The zero-order chi connectivity index (χ0) is 70.6. The number of H-pyrrole nitrogens is 2.